The lowest BCUT2D eigenvalue weighted by atomic mass is 10.0. The molecule has 0 radical (unpaired) electrons. The van der Waals surface area contributed by atoms with Crippen LogP contribution in [0.15, 0.2) is 0 Å². The molecule has 1 atom stereocenters. The number of hydrogen-bond acceptors (Lipinski definition) is 4. The number of nitrogens with zero attached hydrogens (tertiary/aromatic N) is 1. The summed E-state index contributed by atoms with van der Waals surface area (Å²) in [6, 6.07) is 0. The van der Waals surface area contributed by atoms with Crippen LogP contribution in [0.4, 0.5) is 0 Å². The van der Waals surface area contributed by atoms with Gasteiger partial charge in [-0.25, -0.2) is 0 Å². The lowest BCUT2D eigenvalue weighted by molar-refractivity contribution is -0.136. The summed E-state index contributed by atoms with van der Waals surface area (Å²) in [5.74, 6) is 0.609. The van der Waals surface area contributed by atoms with E-state index in [-0.39, 0.29) is 18.1 Å². The van der Waals surface area contributed by atoms with Gasteiger partial charge in [0.15, 0.2) is 0 Å². The third-order valence-electron chi connectivity index (χ3n) is 3.63. The minimum absolute atomic E-state index is 0.00711. The Bertz CT molecular complexity index is 279. The quantitative estimate of drug-likeness (QED) is 0.677. The van der Waals surface area contributed by atoms with Crippen LogP contribution in [0.3, 0.4) is 0 Å². The fourth-order valence-electron chi connectivity index (χ4n) is 2.32. The number of likely N-dealkylation sites (tertiary alicyclic amines) is 1. The van der Waals surface area contributed by atoms with Gasteiger partial charge in [-0.1, -0.05) is 0 Å². The Balaban J connectivity index is 1.57. The molecule has 2 N–H and O–H groups in total. The summed E-state index contributed by atoms with van der Waals surface area (Å²) in [5, 5.41) is 6.10. The molecule has 98 valence electrons. The molecular formula is C12H23N3O2. The number of carbonyl (C=O) groups is 1. The zero-order chi connectivity index (χ0) is 12.3. The van der Waals surface area contributed by atoms with E-state index in [0.29, 0.717) is 5.92 Å². The predicted octanol–water partition coefficient (Wildman–Crippen LogP) is -0.567. The first-order valence-corrected chi connectivity index (χ1v) is 6.37. The third kappa shape index (κ3) is 3.66. The summed E-state index contributed by atoms with van der Waals surface area (Å²) in [6.45, 7) is 6.90. The number of carbonyl (C=O) groups excluding carboxylic acids is 1. The summed E-state index contributed by atoms with van der Waals surface area (Å²) < 4.78 is 5.58. The number of ether oxygens (including phenoxy) is 1. The molecule has 2 saturated heterocycles. The maximum Gasteiger partial charge on any atom is 0.246 e. The van der Waals surface area contributed by atoms with E-state index in [4.69, 9.17) is 4.74 Å². The zero-order valence-electron chi connectivity index (χ0n) is 10.8. The van der Waals surface area contributed by atoms with Crippen molar-refractivity contribution in [3.63, 3.8) is 0 Å². The Morgan fingerprint density at radius 2 is 2.35 bits per heavy atom. The average molecular weight is 241 g/mol. The number of hydrogen-bond donors (Lipinski definition) is 2. The second-order valence-electron chi connectivity index (χ2n) is 5.56. The summed E-state index contributed by atoms with van der Waals surface area (Å²) >= 11 is 0. The van der Waals surface area contributed by atoms with Crippen LogP contribution in [0.5, 0.6) is 0 Å². The van der Waals surface area contributed by atoms with Crippen molar-refractivity contribution in [1.29, 1.82) is 0 Å². The fourth-order valence-corrected chi connectivity index (χ4v) is 2.32. The molecule has 5 nitrogen and oxygen atoms in total. The normalized spacial score (nSPS) is 27.8. The van der Waals surface area contributed by atoms with Gasteiger partial charge in [-0.3, -0.25) is 4.79 Å². The van der Waals surface area contributed by atoms with Gasteiger partial charge in [0.05, 0.1) is 5.60 Å². The molecule has 0 aromatic heterocycles. The summed E-state index contributed by atoms with van der Waals surface area (Å²) in [4.78, 5) is 13.9. The summed E-state index contributed by atoms with van der Waals surface area (Å²) in [7, 11) is 2.12. The van der Waals surface area contributed by atoms with Crippen molar-refractivity contribution in [2.24, 2.45) is 5.92 Å². The minimum atomic E-state index is -0.134. The molecule has 0 aromatic carbocycles. The highest BCUT2D eigenvalue weighted by atomic mass is 16.5. The monoisotopic (exact) mass is 241 g/mol. The maximum atomic E-state index is 11.6. The van der Waals surface area contributed by atoms with Gasteiger partial charge in [-0.15, -0.1) is 0 Å². The van der Waals surface area contributed by atoms with E-state index in [0.717, 1.165) is 32.7 Å². The van der Waals surface area contributed by atoms with Gasteiger partial charge in [-0.05, 0) is 32.9 Å². The molecular weight excluding hydrogens is 218 g/mol. The fraction of sp³-hybridized carbons (Fsp3) is 0.917. The largest absolute Gasteiger partial charge is 0.363 e. The summed E-state index contributed by atoms with van der Waals surface area (Å²) in [6.07, 6.45) is 1.18. The molecule has 0 aliphatic carbocycles. The molecule has 0 spiro atoms. The second kappa shape index (κ2) is 5.33. The van der Waals surface area contributed by atoms with E-state index in [1.54, 1.807) is 0 Å². The molecule has 1 unspecified atom stereocenters. The van der Waals surface area contributed by atoms with Crippen LogP contribution in [0.25, 0.3) is 0 Å². The van der Waals surface area contributed by atoms with Crippen molar-refractivity contribution in [2.75, 3.05) is 46.4 Å². The highest BCUT2D eigenvalue weighted by Gasteiger charge is 2.33. The number of nitrogens with one attached hydrogen (secondary N) is 2. The lowest BCUT2D eigenvalue weighted by Gasteiger charge is -2.38. The average Bonchev–Trinajstić information content (AvgIpc) is 2.67. The van der Waals surface area contributed by atoms with E-state index in [1.807, 2.05) is 6.92 Å². The van der Waals surface area contributed by atoms with Crippen LogP contribution < -0.4 is 10.6 Å². The van der Waals surface area contributed by atoms with Crippen LogP contribution in [-0.2, 0) is 9.53 Å². The third-order valence-corrected chi connectivity index (χ3v) is 3.63. The molecule has 0 bridgehead atoms. The Labute approximate surface area is 103 Å². The first-order valence-electron chi connectivity index (χ1n) is 6.37. The van der Waals surface area contributed by atoms with Gasteiger partial charge in [0.2, 0.25) is 5.91 Å². The highest BCUT2D eigenvalue weighted by Crippen LogP contribution is 2.15. The molecule has 1 amide bonds. The van der Waals surface area contributed by atoms with E-state index in [2.05, 4.69) is 22.6 Å². The number of amides is 1. The minimum Gasteiger partial charge on any atom is -0.363 e. The first-order chi connectivity index (χ1) is 8.07. The topological polar surface area (TPSA) is 53.6 Å². The lowest BCUT2D eigenvalue weighted by Crippen LogP contribution is -2.59. The predicted molar refractivity (Wildman–Crippen MR) is 65.8 cm³/mol. The molecule has 17 heavy (non-hydrogen) atoms. The van der Waals surface area contributed by atoms with Gasteiger partial charge in [0, 0.05) is 26.2 Å². The number of rotatable bonds is 5. The van der Waals surface area contributed by atoms with Gasteiger partial charge in [0.25, 0.3) is 0 Å². The van der Waals surface area contributed by atoms with E-state index in [1.165, 1.54) is 6.42 Å². The van der Waals surface area contributed by atoms with Crippen molar-refractivity contribution in [1.82, 2.24) is 15.5 Å². The van der Waals surface area contributed by atoms with E-state index < -0.39 is 0 Å². The SMILES string of the molecule is CN1CCC(CNC(=O)COC2(C)CNC2)C1. The van der Waals surface area contributed by atoms with Crippen molar-refractivity contribution < 1.29 is 9.53 Å². The zero-order valence-corrected chi connectivity index (χ0v) is 10.8. The highest BCUT2D eigenvalue weighted by molar-refractivity contribution is 5.77. The molecule has 5 heteroatoms. The molecule has 2 rings (SSSR count). The molecule has 2 heterocycles. The Morgan fingerprint density at radius 1 is 1.59 bits per heavy atom. The molecule has 0 aromatic rings. The van der Waals surface area contributed by atoms with Gasteiger partial charge < -0.3 is 20.3 Å². The van der Waals surface area contributed by atoms with Crippen LogP contribution in [0, 0.1) is 5.92 Å². The molecule has 2 fully saturated rings. The van der Waals surface area contributed by atoms with Crippen LogP contribution in [-0.4, -0.2) is 62.8 Å². The van der Waals surface area contributed by atoms with Crippen molar-refractivity contribution in [3.8, 4) is 0 Å². The van der Waals surface area contributed by atoms with Crippen molar-refractivity contribution >= 4 is 5.91 Å². The standard InChI is InChI=1S/C12H23N3O2/c1-12(8-13-9-12)17-7-11(16)14-5-10-3-4-15(2)6-10/h10,13H,3-9H2,1-2H3,(H,14,16). The first kappa shape index (κ1) is 12.8. The second-order valence-corrected chi connectivity index (χ2v) is 5.56. The Morgan fingerprint density at radius 3 is 2.88 bits per heavy atom. The van der Waals surface area contributed by atoms with Crippen LogP contribution in [0.2, 0.25) is 0 Å². The van der Waals surface area contributed by atoms with Crippen LogP contribution in [0.1, 0.15) is 13.3 Å². The van der Waals surface area contributed by atoms with E-state index in [9.17, 15) is 4.79 Å². The smallest absolute Gasteiger partial charge is 0.246 e. The van der Waals surface area contributed by atoms with E-state index >= 15 is 0 Å². The van der Waals surface area contributed by atoms with Crippen molar-refractivity contribution in [2.45, 2.75) is 18.9 Å². The molecule has 0 saturated carbocycles. The maximum absolute atomic E-state index is 11.6. The molecule has 2 aliphatic rings. The van der Waals surface area contributed by atoms with Gasteiger partial charge in [0.1, 0.15) is 6.61 Å². The van der Waals surface area contributed by atoms with Crippen molar-refractivity contribution in [3.05, 3.63) is 0 Å². The Kier molecular flexibility index (Phi) is 4.01. The van der Waals surface area contributed by atoms with Crippen LogP contribution >= 0.6 is 0 Å². The molecule has 2 aliphatic heterocycles. The van der Waals surface area contributed by atoms with Gasteiger partial charge >= 0.3 is 0 Å². The van der Waals surface area contributed by atoms with Gasteiger partial charge in [-0.2, -0.15) is 0 Å². The summed E-state index contributed by atoms with van der Waals surface area (Å²) in [5.41, 5.74) is -0.134. The Hall–Kier alpha value is -0.650.